The zero-order chi connectivity index (χ0) is 14.3. The third-order valence-electron chi connectivity index (χ3n) is 5.27. The minimum absolute atomic E-state index is 0.155. The van der Waals surface area contributed by atoms with Crippen LogP contribution in [0.2, 0.25) is 0 Å². The van der Waals surface area contributed by atoms with E-state index in [-0.39, 0.29) is 11.3 Å². The van der Waals surface area contributed by atoms with Gasteiger partial charge in [-0.25, -0.2) is 0 Å². The van der Waals surface area contributed by atoms with Gasteiger partial charge in [0.15, 0.2) is 0 Å². The molecule has 0 bridgehead atoms. The van der Waals surface area contributed by atoms with E-state index in [1.807, 2.05) is 6.07 Å². The molecule has 2 aromatic rings. The molecule has 4 rings (SSSR count). The lowest BCUT2D eigenvalue weighted by molar-refractivity contribution is -0.125. The summed E-state index contributed by atoms with van der Waals surface area (Å²) in [5.74, 6) is 0.700. The molecule has 0 radical (unpaired) electrons. The number of hydrogen-bond donors (Lipinski definition) is 0. The number of Topliss-reactive ketones (excluding diaryl/α,β-unsaturated/α-hetero) is 1. The second-order valence-corrected chi connectivity index (χ2v) is 6.52. The Morgan fingerprint density at radius 2 is 1.57 bits per heavy atom. The van der Waals surface area contributed by atoms with Gasteiger partial charge in [0, 0.05) is 5.92 Å². The van der Waals surface area contributed by atoms with Crippen LogP contribution in [0.15, 0.2) is 54.6 Å². The average Bonchev–Trinajstić information content (AvgIpc) is 3.36. The second kappa shape index (κ2) is 4.84. The van der Waals surface area contributed by atoms with Crippen molar-refractivity contribution in [3.63, 3.8) is 0 Å². The molecule has 1 heteroatoms. The van der Waals surface area contributed by atoms with Gasteiger partial charge in [0.25, 0.3) is 0 Å². The molecular weight excluding hydrogens is 256 g/mol. The summed E-state index contributed by atoms with van der Waals surface area (Å²) in [6, 6.07) is 19.0. The lowest BCUT2D eigenvalue weighted by atomic mass is 9.75. The smallest absolute Gasteiger partial charge is 0.146 e. The molecule has 106 valence electrons. The van der Waals surface area contributed by atoms with E-state index in [2.05, 4.69) is 48.5 Å². The van der Waals surface area contributed by atoms with Crippen molar-refractivity contribution in [2.45, 2.75) is 37.5 Å². The maximum atomic E-state index is 13.1. The third kappa shape index (κ3) is 2.12. The van der Waals surface area contributed by atoms with Crippen LogP contribution in [0, 0.1) is 5.92 Å². The summed E-state index contributed by atoms with van der Waals surface area (Å²) >= 11 is 0. The molecule has 1 unspecified atom stereocenters. The monoisotopic (exact) mass is 276 g/mol. The standard InChI is InChI=1S/C20H20O/c21-19(20(12-13-20)18-8-2-1-3-9-18)17-11-10-15-6-4-5-7-16(15)14-17/h1-9,17H,10-14H2. The van der Waals surface area contributed by atoms with Gasteiger partial charge in [-0.05, 0) is 48.8 Å². The van der Waals surface area contributed by atoms with E-state index in [0.29, 0.717) is 5.78 Å². The number of fused-ring (bicyclic) bond motifs is 1. The van der Waals surface area contributed by atoms with E-state index >= 15 is 0 Å². The van der Waals surface area contributed by atoms with Crippen LogP contribution in [-0.4, -0.2) is 5.78 Å². The summed E-state index contributed by atoms with van der Waals surface area (Å²) in [4.78, 5) is 13.1. The predicted octanol–water partition coefficient (Wildman–Crippen LogP) is 4.09. The summed E-state index contributed by atoms with van der Waals surface area (Å²) in [7, 11) is 0. The molecule has 1 saturated carbocycles. The fourth-order valence-corrected chi connectivity index (χ4v) is 3.87. The van der Waals surface area contributed by atoms with Crippen molar-refractivity contribution in [3.05, 3.63) is 71.3 Å². The van der Waals surface area contributed by atoms with Gasteiger partial charge in [-0.2, -0.15) is 0 Å². The van der Waals surface area contributed by atoms with Gasteiger partial charge >= 0.3 is 0 Å². The number of hydrogen-bond acceptors (Lipinski definition) is 1. The first kappa shape index (κ1) is 12.8. The van der Waals surface area contributed by atoms with Crippen LogP contribution in [0.1, 0.15) is 36.0 Å². The Morgan fingerprint density at radius 3 is 2.29 bits per heavy atom. The molecule has 0 heterocycles. The molecule has 1 nitrogen and oxygen atoms in total. The highest BCUT2D eigenvalue weighted by Crippen LogP contribution is 2.51. The summed E-state index contributed by atoms with van der Waals surface area (Å²) in [6.45, 7) is 0. The van der Waals surface area contributed by atoms with Crippen LogP contribution < -0.4 is 0 Å². The zero-order valence-electron chi connectivity index (χ0n) is 12.2. The first-order valence-electron chi connectivity index (χ1n) is 7.96. The molecular formula is C20H20O. The predicted molar refractivity (Wildman–Crippen MR) is 84.3 cm³/mol. The number of carbonyl (C=O) groups is 1. The van der Waals surface area contributed by atoms with Crippen LogP contribution in [0.4, 0.5) is 0 Å². The SMILES string of the molecule is O=C(C1CCc2ccccc2C1)C1(c2ccccc2)CC1. The quantitative estimate of drug-likeness (QED) is 0.825. The highest BCUT2D eigenvalue weighted by molar-refractivity contribution is 5.95. The van der Waals surface area contributed by atoms with Crippen molar-refractivity contribution in [1.82, 2.24) is 0 Å². The molecule has 2 aromatic carbocycles. The first-order chi connectivity index (χ1) is 10.3. The maximum absolute atomic E-state index is 13.1. The van der Waals surface area contributed by atoms with Crippen molar-refractivity contribution in [1.29, 1.82) is 0 Å². The van der Waals surface area contributed by atoms with Gasteiger partial charge in [-0.3, -0.25) is 4.79 Å². The normalized spacial score (nSPS) is 22.4. The van der Waals surface area contributed by atoms with Crippen molar-refractivity contribution in [3.8, 4) is 0 Å². The van der Waals surface area contributed by atoms with Crippen LogP contribution in [0.5, 0.6) is 0 Å². The molecule has 0 N–H and O–H groups in total. The Balaban J connectivity index is 1.60. The first-order valence-corrected chi connectivity index (χ1v) is 7.96. The molecule has 1 atom stereocenters. The second-order valence-electron chi connectivity index (χ2n) is 6.52. The molecule has 1 fully saturated rings. The van der Waals surface area contributed by atoms with E-state index in [0.717, 1.165) is 32.1 Å². The van der Waals surface area contributed by atoms with Gasteiger partial charge in [-0.15, -0.1) is 0 Å². The minimum atomic E-state index is -0.155. The minimum Gasteiger partial charge on any atom is -0.298 e. The summed E-state index contributed by atoms with van der Waals surface area (Å²) in [6.07, 6.45) is 5.08. The van der Waals surface area contributed by atoms with Crippen molar-refractivity contribution < 1.29 is 4.79 Å². The average molecular weight is 276 g/mol. The third-order valence-corrected chi connectivity index (χ3v) is 5.27. The van der Waals surface area contributed by atoms with E-state index in [4.69, 9.17) is 0 Å². The highest BCUT2D eigenvalue weighted by Gasteiger charge is 2.52. The van der Waals surface area contributed by atoms with Gasteiger partial charge in [0.1, 0.15) is 5.78 Å². The largest absolute Gasteiger partial charge is 0.298 e. The van der Waals surface area contributed by atoms with Gasteiger partial charge in [0.2, 0.25) is 0 Å². The lowest BCUT2D eigenvalue weighted by Crippen LogP contribution is -2.32. The molecule has 0 aliphatic heterocycles. The topological polar surface area (TPSA) is 17.1 Å². The Morgan fingerprint density at radius 1 is 0.905 bits per heavy atom. The van der Waals surface area contributed by atoms with E-state index in [9.17, 15) is 4.79 Å². The Labute approximate surface area is 126 Å². The fourth-order valence-electron chi connectivity index (χ4n) is 3.87. The van der Waals surface area contributed by atoms with Gasteiger partial charge in [0.05, 0.1) is 5.41 Å². The maximum Gasteiger partial charge on any atom is 0.146 e. The number of ketones is 1. The zero-order valence-corrected chi connectivity index (χ0v) is 12.2. The number of benzene rings is 2. The van der Waals surface area contributed by atoms with E-state index < -0.39 is 0 Å². The summed E-state index contributed by atoms with van der Waals surface area (Å²) in [5, 5.41) is 0. The Bertz CT molecular complexity index is 667. The number of carbonyl (C=O) groups excluding carboxylic acids is 1. The molecule has 0 spiro atoms. The molecule has 2 aliphatic carbocycles. The fraction of sp³-hybridized carbons (Fsp3) is 0.350. The van der Waals surface area contributed by atoms with Crippen molar-refractivity contribution >= 4 is 5.78 Å². The molecule has 2 aliphatic rings. The van der Waals surface area contributed by atoms with Crippen LogP contribution in [0.3, 0.4) is 0 Å². The Hall–Kier alpha value is -1.89. The number of aryl methyl sites for hydroxylation is 1. The number of rotatable bonds is 3. The van der Waals surface area contributed by atoms with Gasteiger partial charge in [-0.1, -0.05) is 54.6 Å². The molecule has 0 aromatic heterocycles. The molecule has 0 amide bonds. The van der Waals surface area contributed by atoms with E-state index in [1.165, 1.54) is 16.7 Å². The van der Waals surface area contributed by atoms with E-state index in [1.54, 1.807) is 0 Å². The molecule has 21 heavy (non-hydrogen) atoms. The van der Waals surface area contributed by atoms with Crippen LogP contribution >= 0.6 is 0 Å². The van der Waals surface area contributed by atoms with Crippen molar-refractivity contribution in [2.24, 2.45) is 5.92 Å². The van der Waals surface area contributed by atoms with Crippen LogP contribution in [-0.2, 0) is 23.1 Å². The van der Waals surface area contributed by atoms with Crippen molar-refractivity contribution in [2.75, 3.05) is 0 Å². The van der Waals surface area contributed by atoms with Crippen LogP contribution in [0.25, 0.3) is 0 Å². The Kier molecular flexibility index (Phi) is 2.95. The lowest BCUT2D eigenvalue weighted by Gasteiger charge is -2.27. The highest BCUT2D eigenvalue weighted by atomic mass is 16.1. The summed E-state index contributed by atoms with van der Waals surface area (Å²) in [5.41, 5.74) is 3.89. The summed E-state index contributed by atoms with van der Waals surface area (Å²) < 4.78 is 0. The van der Waals surface area contributed by atoms with Gasteiger partial charge < -0.3 is 0 Å². The molecule has 0 saturated heterocycles.